The zero-order valence-corrected chi connectivity index (χ0v) is 12.8. The van der Waals surface area contributed by atoms with Crippen molar-refractivity contribution in [3.05, 3.63) is 17.7 Å². The molecule has 0 saturated carbocycles. The largest absolute Gasteiger partial charge is 0.479 e. The number of carboxylic acids is 1. The van der Waals surface area contributed by atoms with E-state index < -0.39 is 48.1 Å². The normalized spacial score (nSPS) is 30.9. The van der Waals surface area contributed by atoms with Crippen molar-refractivity contribution in [2.75, 3.05) is 0 Å². The molecule has 24 heavy (non-hydrogen) atoms. The fourth-order valence-corrected chi connectivity index (χ4v) is 2.98. The molecule has 0 spiro atoms. The van der Waals surface area contributed by atoms with Crippen LogP contribution in [0, 0.1) is 0 Å². The lowest BCUT2D eigenvalue weighted by molar-refractivity contribution is -0.202. The quantitative estimate of drug-likeness (QED) is 0.600. The van der Waals surface area contributed by atoms with Gasteiger partial charge in [-0.3, -0.25) is 14.2 Å². The van der Waals surface area contributed by atoms with Crippen LogP contribution in [0.1, 0.15) is 41.1 Å². The van der Waals surface area contributed by atoms with E-state index in [0.717, 1.165) is 10.9 Å². The number of hydrogen-bond acceptors (Lipinski definition) is 7. The van der Waals surface area contributed by atoms with Gasteiger partial charge in [-0.15, -0.1) is 0 Å². The van der Waals surface area contributed by atoms with Crippen LogP contribution in [0.25, 0.3) is 0 Å². The Labute approximate surface area is 135 Å². The first kappa shape index (κ1) is 16.4. The van der Waals surface area contributed by atoms with E-state index >= 15 is 0 Å². The van der Waals surface area contributed by atoms with Gasteiger partial charge in [-0.1, -0.05) is 0 Å². The van der Waals surface area contributed by atoms with Gasteiger partial charge in [0.1, 0.15) is 17.9 Å². The molecule has 2 aliphatic heterocycles. The molecule has 2 saturated heterocycles. The number of aliphatic carboxylic acids is 1. The highest BCUT2D eigenvalue weighted by molar-refractivity contribution is 6.03. The predicted molar refractivity (Wildman–Crippen MR) is 74.6 cm³/mol. The Morgan fingerprint density at radius 3 is 2.38 bits per heavy atom. The molecule has 4 atom stereocenters. The number of aromatic nitrogens is 2. The maximum Gasteiger partial charge on any atom is 0.335 e. The van der Waals surface area contributed by atoms with Crippen molar-refractivity contribution in [3.63, 3.8) is 0 Å². The van der Waals surface area contributed by atoms with Gasteiger partial charge in [-0.25, -0.2) is 9.78 Å². The van der Waals surface area contributed by atoms with Gasteiger partial charge in [0.05, 0.1) is 6.33 Å². The van der Waals surface area contributed by atoms with Crippen molar-refractivity contribution in [2.45, 2.75) is 44.2 Å². The smallest absolute Gasteiger partial charge is 0.335 e. The van der Waals surface area contributed by atoms with E-state index in [0.29, 0.717) is 0 Å². The molecule has 0 radical (unpaired) electrons. The molecular formula is C13H16N4O7. The number of carbonyl (C=O) groups is 3. The number of nitrogens with zero attached hydrogens (tertiary/aromatic N) is 2. The lowest BCUT2D eigenvalue weighted by Crippen LogP contribution is -2.35. The number of amides is 2. The standard InChI is InChI=1S/C13H16N4O7/c1-13(2)23-6-7(24-13)11(22-8(6)12(20)21)17-3-16-4(9(14)18)5(17)10(15)19/h3,6-8,11H,1-2H3,(H2,14,18)(H2,15,19)(H,20,21)/t6-,7+,8-,11+/m0/s1. The van der Waals surface area contributed by atoms with Crippen LogP contribution in [0.15, 0.2) is 6.33 Å². The summed E-state index contributed by atoms with van der Waals surface area (Å²) in [5, 5.41) is 9.32. The minimum Gasteiger partial charge on any atom is -0.479 e. The first-order valence-electron chi connectivity index (χ1n) is 7.02. The molecule has 0 aromatic carbocycles. The van der Waals surface area contributed by atoms with Crippen LogP contribution in [-0.4, -0.2) is 56.5 Å². The Bertz CT molecular complexity index is 728. The molecule has 11 nitrogen and oxygen atoms in total. The second kappa shape index (κ2) is 5.26. The molecule has 2 aliphatic rings. The number of carboxylic acid groups (broad SMARTS) is 1. The molecule has 0 unspecified atom stereocenters. The molecule has 0 aliphatic carbocycles. The van der Waals surface area contributed by atoms with Crippen molar-refractivity contribution in [3.8, 4) is 0 Å². The summed E-state index contributed by atoms with van der Waals surface area (Å²) in [5.74, 6) is -4.19. The second-order valence-electron chi connectivity index (χ2n) is 5.93. The lowest BCUT2D eigenvalue weighted by atomic mass is 10.1. The van der Waals surface area contributed by atoms with Crippen molar-refractivity contribution in [1.82, 2.24) is 9.55 Å². The van der Waals surface area contributed by atoms with E-state index in [9.17, 15) is 19.5 Å². The van der Waals surface area contributed by atoms with Crippen LogP contribution in [0.2, 0.25) is 0 Å². The highest BCUT2D eigenvalue weighted by atomic mass is 16.8. The van der Waals surface area contributed by atoms with E-state index in [1.165, 1.54) is 0 Å². The third kappa shape index (κ3) is 2.42. The first-order valence-corrected chi connectivity index (χ1v) is 7.02. The summed E-state index contributed by atoms with van der Waals surface area (Å²) in [6, 6.07) is 0. The fraction of sp³-hybridized carbons (Fsp3) is 0.538. The summed E-state index contributed by atoms with van der Waals surface area (Å²) in [4.78, 5) is 38.3. The molecule has 2 fully saturated rings. The topological polar surface area (TPSA) is 169 Å². The maximum atomic E-state index is 11.7. The fourth-order valence-electron chi connectivity index (χ4n) is 2.98. The molecule has 3 rings (SSSR count). The Kier molecular flexibility index (Phi) is 3.59. The van der Waals surface area contributed by atoms with Gasteiger partial charge in [0.25, 0.3) is 11.8 Å². The number of primary amides is 2. The Balaban J connectivity index is 2.05. The summed E-state index contributed by atoms with van der Waals surface area (Å²) in [6.07, 6.45) is -3.00. The van der Waals surface area contributed by atoms with Crippen LogP contribution >= 0.6 is 0 Å². The van der Waals surface area contributed by atoms with E-state index in [4.69, 9.17) is 25.7 Å². The zero-order chi connectivity index (χ0) is 17.8. The van der Waals surface area contributed by atoms with Gasteiger partial charge in [0.15, 0.2) is 23.8 Å². The van der Waals surface area contributed by atoms with E-state index in [2.05, 4.69) is 4.98 Å². The van der Waals surface area contributed by atoms with E-state index in [1.54, 1.807) is 13.8 Å². The average molecular weight is 340 g/mol. The van der Waals surface area contributed by atoms with Crippen LogP contribution in [0.3, 0.4) is 0 Å². The molecule has 130 valence electrons. The van der Waals surface area contributed by atoms with E-state index in [1.807, 2.05) is 0 Å². The Morgan fingerprint density at radius 2 is 1.83 bits per heavy atom. The third-order valence-electron chi connectivity index (χ3n) is 3.81. The summed E-state index contributed by atoms with van der Waals surface area (Å²) < 4.78 is 17.9. The number of fused-ring (bicyclic) bond motifs is 1. The van der Waals surface area contributed by atoms with Gasteiger partial charge in [-0.2, -0.15) is 0 Å². The Hall–Kier alpha value is -2.50. The molecule has 5 N–H and O–H groups in total. The van der Waals surface area contributed by atoms with Crippen molar-refractivity contribution >= 4 is 17.8 Å². The summed E-state index contributed by atoms with van der Waals surface area (Å²) in [5.41, 5.74) is 9.85. The number of carbonyl (C=O) groups excluding carboxylic acids is 2. The third-order valence-corrected chi connectivity index (χ3v) is 3.81. The van der Waals surface area contributed by atoms with Crippen molar-refractivity contribution < 1.29 is 33.7 Å². The maximum absolute atomic E-state index is 11.7. The number of rotatable bonds is 4. The van der Waals surface area contributed by atoms with Gasteiger partial charge in [-0.05, 0) is 13.8 Å². The lowest BCUT2D eigenvalue weighted by Gasteiger charge is -2.24. The number of ether oxygens (including phenoxy) is 3. The molecule has 11 heteroatoms. The molecular weight excluding hydrogens is 324 g/mol. The average Bonchev–Trinajstić information content (AvgIpc) is 3.07. The highest BCUT2D eigenvalue weighted by Gasteiger charge is 2.58. The van der Waals surface area contributed by atoms with Crippen LogP contribution < -0.4 is 11.5 Å². The summed E-state index contributed by atoms with van der Waals surface area (Å²) in [7, 11) is 0. The van der Waals surface area contributed by atoms with Gasteiger partial charge >= 0.3 is 5.97 Å². The molecule has 3 heterocycles. The van der Waals surface area contributed by atoms with Crippen LogP contribution in [-0.2, 0) is 19.0 Å². The SMILES string of the molecule is CC1(C)O[C@@H]2[C@H](O1)[C@@H](C(=O)O)O[C@H]2n1cnc(C(N)=O)c1C(N)=O. The molecule has 0 bridgehead atoms. The number of imidazole rings is 1. The van der Waals surface area contributed by atoms with E-state index in [-0.39, 0.29) is 11.4 Å². The number of nitrogens with two attached hydrogens (primary N) is 2. The predicted octanol–water partition coefficient (Wildman–Crippen LogP) is -1.42. The Morgan fingerprint density at radius 1 is 1.21 bits per heavy atom. The number of hydrogen-bond donors (Lipinski definition) is 3. The highest BCUT2D eigenvalue weighted by Crippen LogP contribution is 2.43. The van der Waals surface area contributed by atoms with Crippen molar-refractivity contribution in [1.29, 1.82) is 0 Å². The monoisotopic (exact) mass is 340 g/mol. The van der Waals surface area contributed by atoms with Crippen LogP contribution in [0.4, 0.5) is 0 Å². The van der Waals surface area contributed by atoms with Crippen LogP contribution in [0.5, 0.6) is 0 Å². The van der Waals surface area contributed by atoms with Gasteiger partial charge < -0.3 is 30.8 Å². The first-order chi connectivity index (χ1) is 11.1. The zero-order valence-electron chi connectivity index (χ0n) is 12.8. The van der Waals surface area contributed by atoms with Gasteiger partial charge in [0.2, 0.25) is 0 Å². The molecule has 2 amide bonds. The van der Waals surface area contributed by atoms with Crippen molar-refractivity contribution in [2.24, 2.45) is 11.5 Å². The molecule has 1 aromatic rings. The minimum absolute atomic E-state index is 0.286. The summed E-state index contributed by atoms with van der Waals surface area (Å²) in [6.45, 7) is 3.25. The van der Waals surface area contributed by atoms with Gasteiger partial charge in [0, 0.05) is 0 Å². The minimum atomic E-state index is -1.32. The second-order valence-corrected chi connectivity index (χ2v) is 5.93. The summed E-state index contributed by atoms with van der Waals surface area (Å²) >= 11 is 0. The molecule has 1 aromatic heterocycles.